The highest BCUT2D eigenvalue weighted by Gasteiger charge is 2.54. The van der Waals surface area contributed by atoms with E-state index in [1.165, 1.54) is 9.79 Å². The minimum Gasteiger partial charge on any atom is -0.353 e. The Morgan fingerprint density at radius 3 is 2.67 bits per heavy atom. The second-order valence-corrected chi connectivity index (χ2v) is 8.37. The predicted octanol–water partition coefficient (Wildman–Crippen LogP) is 5.12. The maximum atomic E-state index is 6.49. The number of nitrogens with zero attached hydrogens (tertiary/aromatic N) is 1. The molecule has 132 valence electrons. The van der Waals surface area contributed by atoms with Crippen LogP contribution in [0.4, 0.5) is 11.4 Å². The highest BCUT2D eigenvalue weighted by atomic mass is 32.2. The zero-order valence-corrected chi connectivity index (χ0v) is 16.1. The van der Waals surface area contributed by atoms with Crippen molar-refractivity contribution < 1.29 is 4.74 Å². The summed E-state index contributed by atoms with van der Waals surface area (Å²) < 4.78 is 6.49. The number of hydrogen-bond acceptors (Lipinski definition) is 4. The van der Waals surface area contributed by atoms with Crippen molar-refractivity contribution in [2.75, 3.05) is 18.5 Å². The third kappa shape index (κ3) is 1.99. The van der Waals surface area contributed by atoms with Gasteiger partial charge in [-0.15, -0.1) is 0 Å². The van der Waals surface area contributed by atoms with Crippen LogP contribution in [0, 0.1) is 0 Å². The molecule has 0 aliphatic carbocycles. The zero-order chi connectivity index (χ0) is 18.0. The smallest absolute Gasteiger partial charge is 0.197 e. The molecule has 1 saturated heterocycles. The summed E-state index contributed by atoms with van der Waals surface area (Å²) in [5, 5.41) is 3.67. The fraction of sp³-hybridized carbons (Fsp3) is 0.136. The first-order valence-electron chi connectivity index (χ1n) is 9.02. The van der Waals surface area contributed by atoms with Crippen LogP contribution >= 0.6 is 24.0 Å². The van der Waals surface area contributed by atoms with Crippen LogP contribution in [0.5, 0.6) is 0 Å². The lowest BCUT2D eigenvalue weighted by molar-refractivity contribution is -0.0150. The van der Waals surface area contributed by atoms with E-state index in [0.29, 0.717) is 6.61 Å². The monoisotopic (exact) mass is 388 g/mol. The van der Waals surface area contributed by atoms with Gasteiger partial charge in [-0.2, -0.15) is 0 Å². The van der Waals surface area contributed by atoms with E-state index >= 15 is 0 Å². The molecular weight excluding hydrogens is 372 g/mol. The number of rotatable bonds is 1. The Bertz CT molecular complexity index is 1110. The fourth-order valence-corrected chi connectivity index (χ4v) is 5.83. The second kappa shape index (κ2) is 5.58. The van der Waals surface area contributed by atoms with E-state index in [4.69, 9.17) is 17.0 Å². The van der Waals surface area contributed by atoms with Crippen molar-refractivity contribution in [3.63, 3.8) is 0 Å². The summed E-state index contributed by atoms with van der Waals surface area (Å²) in [6.45, 7) is 1.47. The fourth-order valence-electron chi connectivity index (χ4n) is 4.41. The highest BCUT2D eigenvalue weighted by molar-refractivity contribution is 7.99. The molecule has 1 atom stereocenters. The second-order valence-electron chi connectivity index (χ2n) is 6.90. The number of fused-ring (bicyclic) bond motifs is 5. The normalized spacial score (nSPS) is 21.9. The largest absolute Gasteiger partial charge is 0.353 e. The van der Waals surface area contributed by atoms with Gasteiger partial charge in [-0.25, -0.2) is 0 Å². The van der Waals surface area contributed by atoms with Crippen molar-refractivity contribution >= 4 is 40.3 Å². The maximum absolute atomic E-state index is 6.49. The van der Waals surface area contributed by atoms with Crippen LogP contribution in [0.15, 0.2) is 76.5 Å². The van der Waals surface area contributed by atoms with Crippen LogP contribution in [-0.4, -0.2) is 23.0 Å². The molecule has 1 unspecified atom stereocenters. The van der Waals surface area contributed by atoms with E-state index in [-0.39, 0.29) is 0 Å². The summed E-state index contributed by atoms with van der Waals surface area (Å²) in [6, 6.07) is 23.3. The third-order valence-corrected chi connectivity index (χ3v) is 7.11. The molecule has 3 aliphatic rings. The molecular formula is C22H16N2OS2. The Kier molecular flexibility index (Phi) is 3.24. The predicted molar refractivity (Wildman–Crippen MR) is 112 cm³/mol. The Morgan fingerprint density at radius 1 is 0.926 bits per heavy atom. The van der Waals surface area contributed by atoms with Gasteiger partial charge < -0.3 is 15.0 Å². The number of hydrogen-bond donors (Lipinski definition) is 1. The van der Waals surface area contributed by atoms with Crippen molar-refractivity contribution in [1.29, 1.82) is 0 Å². The highest BCUT2D eigenvalue weighted by Crippen LogP contribution is 2.54. The molecule has 0 aromatic heterocycles. The molecule has 1 N–H and O–H groups in total. The molecule has 5 heteroatoms. The topological polar surface area (TPSA) is 24.5 Å². The molecule has 6 rings (SSSR count). The summed E-state index contributed by atoms with van der Waals surface area (Å²) in [6.07, 6.45) is 0. The van der Waals surface area contributed by atoms with Crippen LogP contribution < -0.4 is 5.32 Å². The number of nitrogens with one attached hydrogen (secondary N) is 1. The Morgan fingerprint density at radius 2 is 1.70 bits per heavy atom. The van der Waals surface area contributed by atoms with E-state index in [1.54, 1.807) is 11.8 Å². The van der Waals surface area contributed by atoms with Gasteiger partial charge in [0, 0.05) is 33.0 Å². The molecule has 3 aliphatic heterocycles. The van der Waals surface area contributed by atoms with E-state index < -0.39 is 5.72 Å². The standard InChI is InChI=1S/C22H16N2OS2/c26-21-14-6-1-2-7-15(14)22(24(21)12-13-25-22)16-8-5-11-19-20(16)23-17-9-3-4-10-18(17)27-19/h1-11,23H,12-13H2. The molecule has 1 fully saturated rings. The lowest BCUT2D eigenvalue weighted by Gasteiger charge is -2.36. The SMILES string of the molecule is S=C1c2ccccc2C2(c3cccc4c3Nc3ccccc3S4)OCCN12. The molecule has 0 radical (unpaired) electrons. The maximum Gasteiger partial charge on any atom is 0.197 e. The van der Waals surface area contributed by atoms with Gasteiger partial charge >= 0.3 is 0 Å². The molecule has 27 heavy (non-hydrogen) atoms. The average Bonchev–Trinajstić information content (AvgIpc) is 3.25. The quantitative estimate of drug-likeness (QED) is 0.457. The zero-order valence-electron chi connectivity index (χ0n) is 14.4. The van der Waals surface area contributed by atoms with E-state index in [1.807, 2.05) is 6.07 Å². The van der Waals surface area contributed by atoms with Gasteiger partial charge in [0.15, 0.2) is 5.72 Å². The van der Waals surface area contributed by atoms with Gasteiger partial charge in [0.1, 0.15) is 4.99 Å². The van der Waals surface area contributed by atoms with E-state index in [0.717, 1.165) is 39.6 Å². The molecule has 0 bridgehead atoms. The van der Waals surface area contributed by atoms with Crippen molar-refractivity contribution in [2.45, 2.75) is 15.5 Å². The van der Waals surface area contributed by atoms with Gasteiger partial charge in [-0.1, -0.05) is 72.5 Å². The number of ether oxygens (including phenoxy) is 1. The first-order valence-corrected chi connectivity index (χ1v) is 10.2. The van der Waals surface area contributed by atoms with Gasteiger partial charge in [-0.05, 0) is 18.2 Å². The van der Waals surface area contributed by atoms with E-state index in [9.17, 15) is 0 Å². The molecule has 3 heterocycles. The van der Waals surface area contributed by atoms with Gasteiger partial charge in [-0.3, -0.25) is 0 Å². The summed E-state index contributed by atoms with van der Waals surface area (Å²) in [5.41, 5.74) is 5.00. The summed E-state index contributed by atoms with van der Waals surface area (Å²) in [5.74, 6) is 0. The van der Waals surface area contributed by atoms with Crippen LogP contribution in [0.25, 0.3) is 0 Å². The number of benzene rings is 3. The van der Waals surface area contributed by atoms with Crippen LogP contribution in [-0.2, 0) is 10.5 Å². The van der Waals surface area contributed by atoms with Crippen molar-refractivity contribution in [2.24, 2.45) is 0 Å². The summed E-state index contributed by atoms with van der Waals surface area (Å²) in [7, 11) is 0. The first-order chi connectivity index (χ1) is 13.3. The molecule has 0 saturated carbocycles. The Labute approximate surface area is 167 Å². The van der Waals surface area contributed by atoms with Crippen molar-refractivity contribution in [3.8, 4) is 0 Å². The Hall–Kier alpha value is -2.34. The lowest BCUT2D eigenvalue weighted by atomic mass is 9.92. The van der Waals surface area contributed by atoms with Gasteiger partial charge in [0.2, 0.25) is 0 Å². The van der Waals surface area contributed by atoms with Crippen LogP contribution in [0.3, 0.4) is 0 Å². The summed E-state index contributed by atoms with van der Waals surface area (Å²) in [4.78, 5) is 5.58. The molecule has 0 amide bonds. The molecule has 0 spiro atoms. The van der Waals surface area contributed by atoms with Crippen LogP contribution in [0.2, 0.25) is 0 Å². The number of para-hydroxylation sites is 2. The number of anilines is 2. The first kappa shape index (κ1) is 15.7. The number of thiocarbonyl (C=S) groups is 1. The van der Waals surface area contributed by atoms with Crippen LogP contribution in [0.1, 0.15) is 16.7 Å². The minimum atomic E-state index is -0.640. The Balaban J connectivity index is 1.60. The third-order valence-electron chi connectivity index (χ3n) is 5.53. The van der Waals surface area contributed by atoms with Gasteiger partial charge in [0.05, 0.1) is 18.0 Å². The molecule has 3 nitrogen and oxygen atoms in total. The van der Waals surface area contributed by atoms with Crippen molar-refractivity contribution in [1.82, 2.24) is 4.90 Å². The van der Waals surface area contributed by atoms with E-state index in [2.05, 4.69) is 70.9 Å². The molecule has 3 aromatic rings. The lowest BCUT2D eigenvalue weighted by Crippen LogP contribution is -2.40. The van der Waals surface area contributed by atoms with Crippen molar-refractivity contribution in [3.05, 3.63) is 83.4 Å². The summed E-state index contributed by atoms with van der Waals surface area (Å²) >= 11 is 7.62. The minimum absolute atomic E-state index is 0.640. The van der Waals surface area contributed by atoms with Gasteiger partial charge in [0.25, 0.3) is 0 Å². The average molecular weight is 389 g/mol. The molecule has 3 aromatic carbocycles.